The lowest BCUT2D eigenvalue weighted by Gasteiger charge is -2.17. The number of likely N-dealkylation sites (N-methyl/N-ethyl adjacent to an activating group) is 2. The summed E-state index contributed by atoms with van der Waals surface area (Å²) in [4.78, 5) is 13.7. The van der Waals surface area contributed by atoms with E-state index >= 15 is 0 Å². The lowest BCUT2D eigenvalue weighted by molar-refractivity contribution is 0.0797. The fraction of sp³-hybridized carbons (Fsp3) is 0.357. The molecule has 4 nitrogen and oxygen atoms in total. The average molecular weight is 285 g/mol. The summed E-state index contributed by atoms with van der Waals surface area (Å²) in [7, 11) is 3.66. The highest BCUT2D eigenvalue weighted by Gasteiger charge is 2.10. The molecular formula is C14H21ClN2O2. The SMILES string of the molecule is C=CCOc1ccc(C(=O)N(C)CCNC)cc1.Cl. The zero-order valence-corrected chi connectivity index (χ0v) is 12.2. The van der Waals surface area contributed by atoms with Gasteiger partial charge in [0.05, 0.1) is 0 Å². The van der Waals surface area contributed by atoms with Gasteiger partial charge in [-0.1, -0.05) is 12.7 Å². The van der Waals surface area contributed by atoms with Gasteiger partial charge in [0.1, 0.15) is 12.4 Å². The Kier molecular flexibility index (Phi) is 8.66. The van der Waals surface area contributed by atoms with Crippen LogP contribution in [-0.4, -0.2) is 44.6 Å². The predicted molar refractivity (Wildman–Crippen MR) is 80.3 cm³/mol. The van der Waals surface area contributed by atoms with Gasteiger partial charge < -0.3 is 15.0 Å². The van der Waals surface area contributed by atoms with Crippen LogP contribution in [0.25, 0.3) is 0 Å². The number of carbonyl (C=O) groups excluding carboxylic acids is 1. The number of nitrogens with one attached hydrogen (secondary N) is 1. The van der Waals surface area contributed by atoms with Crippen LogP contribution in [0, 0.1) is 0 Å². The van der Waals surface area contributed by atoms with E-state index in [0.717, 1.165) is 12.3 Å². The summed E-state index contributed by atoms with van der Waals surface area (Å²) in [5, 5.41) is 3.01. The van der Waals surface area contributed by atoms with Crippen molar-refractivity contribution >= 4 is 18.3 Å². The van der Waals surface area contributed by atoms with E-state index < -0.39 is 0 Å². The van der Waals surface area contributed by atoms with Gasteiger partial charge in [0, 0.05) is 25.7 Å². The number of hydrogen-bond acceptors (Lipinski definition) is 3. The molecule has 0 aromatic heterocycles. The van der Waals surface area contributed by atoms with Crippen LogP contribution >= 0.6 is 12.4 Å². The van der Waals surface area contributed by atoms with Crippen molar-refractivity contribution in [2.75, 3.05) is 33.8 Å². The number of hydrogen-bond donors (Lipinski definition) is 1. The summed E-state index contributed by atoms with van der Waals surface area (Å²) < 4.78 is 5.36. The van der Waals surface area contributed by atoms with E-state index in [1.54, 1.807) is 42.3 Å². The van der Waals surface area contributed by atoms with Crippen LogP contribution in [0.3, 0.4) is 0 Å². The predicted octanol–water partition coefficient (Wildman–Crippen LogP) is 1.96. The number of halogens is 1. The number of nitrogens with zero attached hydrogens (tertiary/aromatic N) is 1. The van der Waals surface area contributed by atoms with Gasteiger partial charge in [-0.2, -0.15) is 0 Å². The molecule has 0 aliphatic rings. The third-order valence-corrected chi connectivity index (χ3v) is 2.51. The molecule has 1 amide bonds. The number of rotatable bonds is 7. The second-order valence-corrected chi connectivity index (χ2v) is 3.95. The molecule has 0 radical (unpaired) electrons. The smallest absolute Gasteiger partial charge is 0.253 e. The molecule has 0 unspecified atom stereocenters. The molecule has 0 spiro atoms. The van der Waals surface area contributed by atoms with Crippen molar-refractivity contribution in [2.24, 2.45) is 0 Å². The van der Waals surface area contributed by atoms with Crippen LogP contribution in [0.1, 0.15) is 10.4 Å². The maximum atomic E-state index is 12.0. The third kappa shape index (κ3) is 5.77. The molecule has 1 aromatic carbocycles. The first kappa shape index (κ1) is 17.5. The van der Waals surface area contributed by atoms with Gasteiger partial charge >= 0.3 is 0 Å². The molecule has 0 aliphatic carbocycles. The van der Waals surface area contributed by atoms with Crippen LogP contribution in [0.5, 0.6) is 5.75 Å². The van der Waals surface area contributed by atoms with Crippen molar-refractivity contribution in [2.45, 2.75) is 0 Å². The Bertz CT molecular complexity index is 393. The molecule has 0 fully saturated rings. The minimum absolute atomic E-state index is 0. The van der Waals surface area contributed by atoms with Gasteiger partial charge in [0.15, 0.2) is 0 Å². The van der Waals surface area contributed by atoms with E-state index in [1.165, 1.54) is 0 Å². The maximum absolute atomic E-state index is 12.0. The molecule has 0 saturated heterocycles. The van der Waals surface area contributed by atoms with E-state index in [0.29, 0.717) is 18.7 Å². The molecular weight excluding hydrogens is 264 g/mol. The molecule has 0 atom stereocenters. The largest absolute Gasteiger partial charge is 0.490 e. The molecule has 1 N–H and O–H groups in total. The van der Waals surface area contributed by atoms with Crippen LogP contribution in [-0.2, 0) is 0 Å². The summed E-state index contributed by atoms with van der Waals surface area (Å²) >= 11 is 0. The second kappa shape index (κ2) is 9.42. The van der Waals surface area contributed by atoms with Crippen LogP contribution in [0.15, 0.2) is 36.9 Å². The van der Waals surface area contributed by atoms with Crippen LogP contribution < -0.4 is 10.1 Å². The highest BCUT2D eigenvalue weighted by molar-refractivity contribution is 5.94. The second-order valence-electron chi connectivity index (χ2n) is 3.95. The van der Waals surface area contributed by atoms with E-state index in [9.17, 15) is 4.79 Å². The summed E-state index contributed by atoms with van der Waals surface area (Å²) in [6, 6.07) is 7.14. The van der Waals surface area contributed by atoms with E-state index in [4.69, 9.17) is 4.74 Å². The normalized spacial score (nSPS) is 9.37. The molecule has 0 saturated carbocycles. The molecule has 5 heteroatoms. The molecule has 19 heavy (non-hydrogen) atoms. The first-order chi connectivity index (χ1) is 8.69. The summed E-state index contributed by atoms with van der Waals surface area (Å²) in [6.45, 7) is 5.51. The third-order valence-electron chi connectivity index (χ3n) is 2.51. The summed E-state index contributed by atoms with van der Waals surface area (Å²) in [5.41, 5.74) is 0.666. The van der Waals surface area contributed by atoms with Crippen LogP contribution in [0.2, 0.25) is 0 Å². The minimum Gasteiger partial charge on any atom is -0.490 e. The number of amides is 1. The van der Waals surface area contributed by atoms with Gasteiger partial charge in [-0.25, -0.2) is 0 Å². The highest BCUT2D eigenvalue weighted by atomic mass is 35.5. The highest BCUT2D eigenvalue weighted by Crippen LogP contribution is 2.13. The maximum Gasteiger partial charge on any atom is 0.253 e. The Morgan fingerprint density at radius 3 is 2.58 bits per heavy atom. The van der Waals surface area contributed by atoms with Crippen molar-refractivity contribution in [3.8, 4) is 5.75 Å². The minimum atomic E-state index is 0. The van der Waals surface area contributed by atoms with Gasteiger partial charge in [0.2, 0.25) is 0 Å². The lowest BCUT2D eigenvalue weighted by atomic mass is 10.2. The van der Waals surface area contributed by atoms with E-state index in [2.05, 4.69) is 11.9 Å². The monoisotopic (exact) mass is 284 g/mol. The Morgan fingerprint density at radius 1 is 1.42 bits per heavy atom. The lowest BCUT2D eigenvalue weighted by Crippen LogP contribution is -2.32. The van der Waals surface area contributed by atoms with Crippen molar-refractivity contribution in [3.05, 3.63) is 42.5 Å². The molecule has 1 rings (SSSR count). The molecule has 0 heterocycles. The fourth-order valence-corrected chi connectivity index (χ4v) is 1.45. The zero-order valence-electron chi connectivity index (χ0n) is 11.4. The van der Waals surface area contributed by atoms with Gasteiger partial charge in [0.25, 0.3) is 5.91 Å². The Labute approximate surface area is 120 Å². The van der Waals surface area contributed by atoms with Crippen molar-refractivity contribution < 1.29 is 9.53 Å². The molecule has 1 aromatic rings. The molecule has 0 aliphatic heterocycles. The van der Waals surface area contributed by atoms with E-state index in [-0.39, 0.29) is 18.3 Å². The Hall–Kier alpha value is -1.52. The fourth-order valence-electron chi connectivity index (χ4n) is 1.45. The quantitative estimate of drug-likeness (QED) is 0.779. The summed E-state index contributed by atoms with van der Waals surface area (Å²) in [6.07, 6.45) is 1.69. The topological polar surface area (TPSA) is 41.6 Å². The Balaban J connectivity index is 0.00000324. The molecule has 106 valence electrons. The van der Waals surface area contributed by atoms with Crippen LogP contribution in [0.4, 0.5) is 0 Å². The van der Waals surface area contributed by atoms with E-state index in [1.807, 2.05) is 7.05 Å². The van der Waals surface area contributed by atoms with Crippen molar-refractivity contribution in [1.82, 2.24) is 10.2 Å². The van der Waals surface area contributed by atoms with Gasteiger partial charge in [-0.05, 0) is 31.3 Å². The first-order valence-electron chi connectivity index (χ1n) is 5.93. The van der Waals surface area contributed by atoms with Crippen molar-refractivity contribution in [3.63, 3.8) is 0 Å². The number of benzene rings is 1. The summed E-state index contributed by atoms with van der Waals surface area (Å²) in [5.74, 6) is 0.754. The average Bonchev–Trinajstić information content (AvgIpc) is 2.42. The zero-order chi connectivity index (χ0) is 13.4. The van der Waals surface area contributed by atoms with Gasteiger partial charge in [-0.15, -0.1) is 12.4 Å². The van der Waals surface area contributed by atoms with Gasteiger partial charge in [-0.3, -0.25) is 4.79 Å². The standard InChI is InChI=1S/C14H20N2O2.ClH/c1-4-11-18-13-7-5-12(6-8-13)14(17)16(3)10-9-15-2;/h4-8,15H,1,9-11H2,2-3H3;1H. The Morgan fingerprint density at radius 2 is 2.05 bits per heavy atom. The first-order valence-corrected chi connectivity index (χ1v) is 5.93. The number of carbonyl (C=O) groups is 1. The molecule has 0 bridgehead atoms. The number of ether oxygens (including phenoxy) is 1. The van der Waals surface area contributed by atoms with Crippen molar-refractivity contribution in [1.29, 1.82) is 0 Å².